The second kappa shape index (κ2) is 13.3. The summed E-state index contributed by atoms with van der Waals surface area (Å²) in [5.74, 6) is 5.57. The minimum Gasteiger partial charge on any atom is -0.497 e. The number of benzene rings is 4. The fourth-order valence-electron chi connectivity index (χ4n) is 3.90. The van der Waals surface area contributed by atoms with Crippen molar-refractivity contribution in [1.29, 1.82) is 0 Å². The molecule has 10 nitrogen and oxygen atoms in total. The van der Waals surface area contributed by atoms with Gasteiger partial charge in [0, 0.05) is 16.1 Å². The standard InChI is InChI=1S/C30H28ClN5O5/c1-40-22-15-16-25(23(17-22)27(37)20-11-13-21(31)14-12-20)34-29(38)28(36(33)26-10-6-5-9-24(26)32)35-30(39)41-18-19-7-3-2-4-8-19/h2-17,28H,18,32-33H2,1H3,(H,34,38)(H,35,39). The van der Waals surface area contributed by atoms with E-state index in [0.29, 0.717) is 16.3 Å². The number of nitrogens with two attached hydrogens (primary N) is 2. The van der Waals surface area contributed by atoms with Crippen LogP contribution in [0.1, 0.15) is 21.5 Å². The molecule has 210 valence electrons. The molecule has 0 aliphatic heterocycles. The predicted octanol–water partition coefficient (Wildman–Crippen LogP) is 4.73. The number of rotatable bonds is 10. The van der Waals surface area contributed by atoms with Crippen LogP contribution in [-0.4, -0.2) is 31.1 Å². The van der Waals surface area contributed by atoms with E-state index in [0.717, 1.165) is 10.6 Å². The van der Waals surface area contributed by atoms with Crippen molar-refractivity contribution in [3.05, 3.63) is 119 Å². The van der Waals surface area contributed by atoms with Crippen LogP contribution >= 0.6 is 11.6 Å². The number of ketones is 1. The number of hydrogen-bond acceptors (Lipinski definition) is 8. The Hall–Kier alpha value is -5.06. The van der Waals surface area contributed by atoms with Gasteiger partial charge in [-0.05, 0) is 60.2 Å². The highest BCUT2D eigenvalue weighted by Crippen LogP contribution is 2.27. The average molecular weight is 574 g/mol. The summed E-state index contributed by atoms with van der Waals surface area (Å²) in [6.07, 6.45) is -2.38. The average Bonchev–Trinajstić information content (AvgIpc) is 2.99. The summed E-state index contributed by atoms with van der Waals surface area (Å²) in [5, 5.41) is 6.67. The molecule has 0 aliphatic rings. The molecule has 0 aliphatic carbocycles. The van der Waals surface area contributed by atoms with Crippen LogP contribution in [0.2, 0.25) is 5.02 Å². The molecule has 0 saturated carbocycles. The maximum Gasteiger partial charge on any atom is 0.409 e. The van der Waals surface area contributed by atoms with Crippen molar-refractivity contribution < 1.29 is 23.9 Å². The summed E-state index contributed by atoms with van der Waals surface area (Å²) in [5.41, 5.74) is 8.04. The van der Waals surface area contributed by atoms with Crippen LogP contribution in [0, 0.1) is 0 Å². The van der Waals surface area contributed by atoms with Crippen LogP contribution in [0.4, 0.5) is 21.9 Å². The molecule has 1 unspecified atom stereocenters. The Labute approximate surface area is 241 Å². The molecular weight excluding hydrogens is 546 g/mol. The Kier molecular flexibility index (Phi) is 9.41. The van der Waals surface area contributed by atoms with E-state index in [2.05, 4.69) is 10.6 Å². The van der Waals surface area contributed by atoms with Crippen LogP contribution < -0.4 is 32.0 Å². The first kappa shape index (κ1) is 28.9. The summed E-state index contributed by atoms with van der Waals surface area (Å²) >= 11 is 5.98. The van der Waals surface area contributed by atoms with Gasteiger partial charge in [0.1, 0.15) is 12.4 Å². The lowest BCUT2D eigenvalue weighted by Crippen LogP contribution is -2.58. The van der Waals surface area contributed by atoms with E-state index in [1.165, 1.54) is 19.2 Å². The van der Waals surface area contributed by atoms with Crippen LogP contribution in [-0.2, 0) is 16.1 Å². The van der Waals surface area contributed by atoms with E-state index >= 15 is 0 Å². The molecule has 0 spiro atoms. The lowest BCUT2D eigenvalue weighted by molar-refractivity contribution is -0.118. The minimum atomic E-state index is -1.48. The molecule has 1 atom stereocenters. The van der Waals surface area contributed by atoms with Crippen molar-refractivity contribution in [3.8, 4) is 5.75 Å². The number of alkyl carbamates (subject to hydrolysis) is 1. The van der Waals surface area contributed by atoms with Crippen molar-refractivity contribution in [1.82, 2.24) is 5.32 Å². The van der Waals surface area contributed by atoms with Gasteiger partial charge >= 0.3 is 6.09 Å². The molecule has 0 aromatic heterocycles. The Morgan fingerprint density at radius 2 is 1.61 bits per heavy atom. The van der Waals surface area contributed by atoms with E-state index in [1.807, 2.05) is 18.2 Å². The van der Waals surface area contributed by atoms with Gasteiger partial charge in [0.15, 0.2) is 11.9 Å². The van der Waals surface area contributed by atoms with E-state index in [1.54, 1.807) is 66.7 Å². The molecule has 4 aromatic carbocycles. The molecule has 11 heteroatoms. The Balaban J connectivity index is 1.62. The highest BCUT2D eigenvalue weighted by atomic mass is 35.5. The first-order valence-electron chi connectivity index (χ1n) is 12.4. The first-order valence-corrected chi connectivity index (χ1v) is 12.8. The van der Waals surface area contributed by atoms with Crippen LogP contribution in [0.15, 0.2) is 97.1 Å². The zero-order chi connectivity index (χ0) is 29.4. The summed E-state index contributed by atoms with van der Waals surface area (Å²) < 4.78 is 10.6. The fraction of sp³-hybridized carbons (Fsp3) is 0.100. The van der Waals surface area contributed by atoms with Crippen LogP contribution in [0.25, 0.3) is 0 Å². The van der Waals surface area contributed by atoms with Gasteiger partial charge in [-0.25, -0.2) is 10.6 Å². The minimum absolute atomic E-state index is 0.0305. The number of carbonyl (C=O) groups is 3. The van der Waals surface area contributed by atoms with Gasteiger partial charge in [-0.2, -0.15) is 0 Å². The molecule has 0 bridgehead atoms. The molecule has 41 heavy (non-hydrogen) atoms. The van der Waals surface area contributed by atoms with Gasteiger partial charge < -0.3 is 20.5 Å². The highest BCUT2D eigenvalue weighted by molar-refractivity contribution is 6.30. The monoisotopic (exact) mass is 573 g/mol. The Morgan fingerprint density at radius 3 is 2.29 bits per heavy atom. The van der Waals surface area contributed by atoms with Crippen molar-refractivity contribution in [3.63, 3.8) is 0 Å². The number of nitrogen functional groups attached to an aromatic ring is 1. The highest BCUT2D eigenvalue weighted by Gasteiger charge is 2.29. The largest absolute Gasteiger partial charge is 0.497 e. The molecule has 4 rings (SSSR count). The van der Waals surface area contributed by atoms with Gasteiger partial charge in [-0.3, -0.25) is 19.9 Å². The maximum atomic E-state index is 13.7. The van der Waals surface area contributed by atoms with Crippen molar-refractivity contribution in [2.45, 2.75) is 12.8 Å². The number of nitrogens with one attached hydrogen (secondary N) is 2. The molecule has 2 amide bonds. The van der Waals surface area contributed by atoms with E-state index in [9.17, 15) is 14.4 Å². The van der Waals surface area contributed by atoms with Crippen LogP contribution in [0.3, 0.4) is 0 Å². The summed E-state index contributed by atoms with van der Waals surface area (Å²) in [4.78, 5) is 39.8. The number of halogens is 1. The predicted molar refractivity (Wildman–Crippen MR) is 158 cm³/mol. The third-order valence-corrected chi connectivity index (χ3v) is 6.30. The van der Waals surface area contributed by atoms with Crippen molar-refractivity contribution in [2.75, 3.05) is 23.2 Å². The number of hydrogen-bond donors (Lipinski definition) is 4. The molecule has 0 fully saturated rings. The van der Waals surface area contributed by atoms with Gasteiger partial charge in [0.25, 0.3) is 5.91 Å². The van der Waals surface area contributed by atoms with Crippen molar-refractivity contribution >= 4 is 46.4 Å². The second-order valence-corrected chi connectivity index (χ2v) is 9.25. The summed E-state index contributed by atoms with van der Waals surface area (Å²) in [7, 11) is 1.46. The smallest absolute Gasteiger partial charge is 0.409 e. The second-order valence-electron chi connectivity index (χ2n) is 8.81. The normalized spacial score (nSPS) is 11.2. The molecule has 0 saturated heterocycles. The van der Waals surface area contributed by atoms with E-state index < -0.39 is 18.2 Å². The van der Waals surface area contributed by atoms with Crippen LogP contribution in [0.5, 0.6) is 5.75 Å². The molecule has 6 N–H and O–H groups in total. The third kappa shape index (κ3) is 7.33. The third-order valence-electron chi connectivity index (χ3n) is 6.04. The zero-order valence-electron chi connectivity index (χ0n) is 22.0. The van der Waals surface area contributed by atoms with Gasteiger partial charge in [-0.15, -0.1) is 0 Å². The Morgan fingerprint density at radius 1 is 0.927 bits per heavy atom. The van der Waals surface area contributed by atoms with E-state index in [-0.39, 0.29) is 35.0 Å². The number of para-hydroxylation sites is 2. The molecule has 0 radical (unpaired) electrons. The summed E-state index contributed by atoms with van der Waals surface area (Å²) in [6.45, 7) is -0.0305. The lowest BCUT2D eigenvalue weighted by atomic mass is 10.0. The number of nitrogens with zero attached hydrogens (tertiary/aromatic N) is 1. The zero-order valence-corrected chi connectivity index (χ0v) is 22.8. The van der Waals surface area contributed by atoms with Crippen molar-refractivity contribution in [2.24, 2.45) is 5.84 Å². The lowest BCUT2D eigenvalue weighted by Gasteiger charge is -2.29. The number of hydrazine groups is 1. The van der Waals surface area contributed by atoms with E-state index in [4.69, 9.17) is 32.7 Å². The SMILES string of the molecule is COc1ccc(NC(=O)C(NC(=O)OCc2ccccc2)N(N)c2ccccc2N)c(C(=O)c2ccc(Cl)cc2)c1. The molecule has 4 aromatic rings. The quantitative estimate of drug-likeness (QED) is 0.0699. The summed E-state index contributed by atoms with van der Waals surface area (Å²) in [6, 6.07) is 26.5. The Bertz CT molecular complexity index is 1530. The maximum absolute atomic E-state index is 13.7. The van der Waals surface area contributed by atoms with Gasteiger partial charge in [0.2, 0.25) is 0 Å². The molecular formula is C30H28ClN5O5. The number of carbonyl (C=O) groups excluding carboxylic acids is 3. The van der Waals surface area contributed by atoms with Gasteiger partial charge in [-0.1, -0.05) is 54.1 Å². The number of methoxy groups -OCH3 is 1. The number of ether oxygens (including phenoxy) is 2. The topological polar surface area (TPSA) is 149 Å². The van der Waals surface area contributed by atoms with Gasteiger partial charge in [0.05, 0.1) is 24.2 Å². The molecule has 0 heterocycles. The number of amides is 2. The fourth-order valence-corrected chi connectivity index (χ4v) is 4.03. The first-order chi connectivity index (χ1) is 19.8. The number of anilines is 3.